The van der Waals surface area contributed by atoms with Gasteiger partial charge in [0.15, 0.2) is 5.65 Å². The fourth-order valence-corrected chi connectivity index (χ4v) is 3.47. The van der Waals surface area contributed by atoms with Crippen molar-refractivity contribution >= 4 is 39.9 Å². The molecule has 4 rings (SSSR count). The Kier molecular flexibility index (Phi) is 3.36. The summed E-state index contributed by atoms with van der Waals surface area (Å²) in [5.41, 5.74) is 7.55. The maximum absolute atomic E-state index is 11.8. The van der Waals surface area contributed by atoms with E-state index in [1.807, 2.05) is 31.2 Å². The van der Waals surface area contributed by atoms with Crippen LogP contribution in [0.3, 0.4) is 0 Å². The van der Waals surface area contributed by atoms with Crippen LogP contribution in [0.15, 0.2) is 24.3 Å². The van der Waals surface area contributed by atoms with Crippen molar-refractivity contribution in [2.75, 3.05) is 11.4 Å². The molecular weight excluding hydrogens is 330 g/mol. The third kappa shape index (κ3) is 2.12. The largest absolute Gasteiger partial charge is 0.391 e. The normalized spacial score (nSPS) is 21.0. The van der Waals surface area contributed by atoms with Gasteiger partial charge in [-0.15, -0.1) is 0 Å². The zero-order chi connectivity index (χ0) is 17.0. The molecule has 7 nitrogen and oxygen atoms in total. The number of nitrogens with zero attached hydrogens (tertiary/aromatic N) is 4. The van der Waals surface area contributed by atoms with Crippen molar-refractivity contribution in [2.45, 2.75) is 25.5 Å². The molecule has 0 bridgehead atoms. The molecule has 8 heteroatoms. The number of fused-ring (bicyclic) bond motifs is 3. The zero-order valence-corrected chi connectivity index (χ0v) is 13.7. The number of para-hydroxylation sites is 1. The summed E-state index contributed by atoms with van der Waals surface area (Å²) < 4.78 is 1.70. The summed E-state index contributed by atoms with van der Waals surface area (Å²) in [7, 11) is 0. The smallest absolute Gasteiger partial charge is 0.240 e. The molecule has 2 aromatic heterocycles. The first kappa shape index (κ1) is 15.2. The van der Waals surface area contributed by atoms with Crippen LogP contribution in [-0.4, -0.2) is 44.3 Å². The molecule has 1 fully saturated rings. The summed E-state index contributed by atoms with van der Waals surface area (Å²) >= 11 is 6.34. The molecule has 1 saturated heterocycles. The van der Waals surface area contributed by atoms with Gasteiger partial charge in [0.1, 0.15) is 16.9 Å². The van der Waals surface area contributed by atoms with Crippen LogP contribution in [0.2, 0.25) is 5.02 Å². The van der Waals surface area contributed by atoms with Gasteiger partial charge in [0.05, 0.1) is 17.3 Å². The highest BCUT2D eigenvalue weighted by Crippen LogP contribution is 2.33. The Morgan fingerprint density at radius 1 is 1.42 bits per heavy atom. The van der Waals surface area contributed by atoms with Crippen LogP contribution in [0.1, 0.15) is 12.1 Å². The van der Waals surface area contributed by atoms with Gasteiger partial charge in [0.2, 0.25) is 5.91 Å². The summed E-state index contributed by atoms with van der Waals surface area (Å²) in [6, 6.07) is 7.03. The molecule has 3 N–H and O–H groups in total. The number of amides is 1. The number of hydrogen-bond donors (Lipinski definition) is 2. The molecule has 0 radical (unpaired) electrons. The van der Waals surface area contributed by atoms with Crippen LogP contribution in [-0.2, 0) is 4.79 Å². The Bertz CT molecular complexity index is 970. The van der Waals surface area contributed by atoms with Crippen molar-refractivity contribution < 1.29 is 9.90 Å². The van der Waals surface area contributed by atoms with E-state index in [-0.39, 0.29) is 0 Å². The van der Waals surface area contributed by atoms with Gasteiger partial charge in [0, 0.05) is 18.4 Å². The number of aromatic nitrogens is 3. The third-order valence-electron chi connectivity index (χ3n) is 4.43. The van der Waals surface area contributed by atoms with Crippen LogP contribution in [0.5, 0.6) is 0 Å². The van der Waals surface area contributed by atoms with Gasteiger partial charge in [-0.2, -0.15) is 5.10 Å². The molecule has 1 aliphatic heterocycles. The molecular formula is C16H16ClN5O2. The van der Waals surface area contributed by atoms with E-state index >= 15 is 0 Å². The summed E-state index contributed by atoms with van der Waals surface area (Å²) in [5.74, 6) is 0.105. The van der Waals surface area contributed by atoms with Crippen molar-refractivity contribution in [3.8, 4) is 0 Å². The molecule has 2 atom stereocenters. The first-order valence-electron chi connectivity index (χ1n) is 7.65. The standard InChI is InChI=1S/C16H16ClN5O2/c1-8-13(17)16-19-15(21-7-9(23)6-12(21)14(18)24)10-4-2-3-5-11(10)22(16)20-8/h2-5,9,12,23H,6-7H2,1H3,(H2,18,24)/t9-,12-/m0/s1. The predicted molar refractivity (Wildman–Crippen MR) is 91.2 cm³/mol. The summed E-state index contributed by atoms with van der Waals surface area (Å²) in [6.07, 6.45) is -0.330. The monoisotopic (exact) mass is 345 g/mol. The highest BCUT2D eigenvalue weighted by molar-refractivity contribution is 6.34. The molecule has 1 aliphatic rings. The quantitative estimate of drug-likeness (QED) is 0.729. The first-order valence-corrected chi connectivity index (χ1v) is 8.02. The van der Waals surface area contributed by atoms with Crippen LogP contribution in [0.25, 0.3) is 16.6 Å². The van der Waals surface area contributed by atoms with E-state index in [2.05, 4.69) is 10.1 Å². The molecule has 0 unspecified atom stereocenters. The van der Waals surface area contributed by atoms with Crippen molar-refractivity contribution in [1.29, 1.82) is 0 Å². The Morgan fingerprint density at radius 3 is 2.92 bits per heavy atom. The third-order valence-corrected chi connectivity index (χ3v) is 4.87. The SMILES string of the molecule is Cc1nn2c(nc(N3C[C@@H](O)C[C@H]3C(N)=O)c3ccccc32)c1Cl. The van der Waals surface area contributed by atoms with Crippen molar-refractivity contribution in [2.24, 2.45) is 5.73 Å². The van der Waals surface area contributed by atoms with E-state index in [1.165, 1.54) is 0 Å². The lowest BCUT2D eigenvalue weighted by Gasteiger charge is -2.24. The highest BCUT2D eigenvalue weighted by Gasteiger charge is 2.36. The van der Waals surface area contributed by atoms with Gasteiger partial charge in [-0.1, -0.05) is 23.7 Å². The average Bonchev–Trinajstić information content (AvgIpc) is 3.08. The van der Waals surface area contributed by atoms with Crippen LogP contribution in [0, 0.1) is 6.92 Å². The molecule has 124 valence electrons. The predicted octanol–water partition coefficient (Wildman–Crippen LogP) is 1.27. The van der Waals surface area contributed by atoms with E-state index < -0.39 is 18.1 Å². The molecule has 3 aromatic rings. The second-order valence-electron chi connectivity index (χ2n) is 6.05. The first-order chi connectivity index (χ1) is 11.5. The molecule has 24 heavy (non-hydrogen) atoms. The minimum absolute atomic E-state index is 0.294. The van der Waals surface area contributed by atoms with Gasteiger partial charge in [-0.25, -0.2) is 9.50 Å². The number of primary amides is 1. The van der Waals surface area contributed by atoms with E-state index in [4.69, 9.17) is 17.3 Å². The van der Waals surface area contributed by atoms with Gasteiger partial charge < -0.3 is 15.7 Å². The molecule has 3 heterocycles. The number of aliphatic hydroxyl groups excluding tert-OH is 1. The second-order valence-corrected chi connectivity index (χ2v) is 6.43. The number of nitrogens with two attached hydrogens (primary N) is 1. The minimum Gasteiger partial charge on any atom is -0.391 e. The Morgan fingerprint density at radius 2 is 2.17 bits per heavy atom. The number of rotatable bonds is 2. The molecule has 0 spiro atoms. The second kappa shape index (κ2) is 5.32. The van der Waals surface area contributed by atoms with Crippen LogP contribution >= 0.6 is 11.6 Å². The number of aliphatic hydroxyl groups is 1. The summed E-state index contributed by atoms with van der Waals surface area (Å²) in [5, 5.41) is 15.7. The number of anilines is 1. The van der Waals surface area contributed by atoms with Crippen molar-refractivity contribution in [3.63, 3.8) is 0 Å². The number of carbonyl (C=O) groups excluding carboxylic acids is 1. The Labute approximate surface area is 142 Å². The molecule has 0 aliphatic carbocycles. The number of hydrogen-bond acceptors (Lipinski definition) is 5. The van der Waals surface area contributed by atoms with E-state index in [0.29, 0.717) is 35.1 Å². The summed E-state index contributed by atoms with van der Waals surface area (Å²) in [4.78, 5) is 18.2. The Hall–Kier alpha value is -2.38. The highest BCUT2D eigenvalue weighted by atomic mass is 35.5. The average molecular weight is 346 g/mol. The van der Waals surface area contributed by atoms with Gasteiger partial charge in [-0.05, 0) is 19.1 Å². The van der Waals surface area contributed by atoms with Crippen LogP contribution in [0.4, 0.5) is 5.82 Å². The fourth-order valence-electron chi connectivity index (χ4n) is 3.30. The zero-order valence-electron chi connectivity index (χ0n) is 13.0. The minimum atomic E-state index is -0.624. The van der Waals surface area contributed by atoms with Gasteiger partial charge >= 0.3 is 0 Å². The Balaban J connectivity index is 2.03. The lowest BCUT2D eigenvalue weighted by atomic mass is 10.1. The molecule has 1 amide bonds. The topological polar surface area (TPSA) is 96.8 Å². The molecule has 1 aromatic carbocycles. The van der Waals surface area contributed by atoms with Crippen molar-refractivity contribution in [3.05, 3.63) is 35.0 Å². The number of benzene rings is 1. The number of β-amino-alcohol motifs (C(OH)–C–C–N with tert-alkyl or cyclic N) is 1. The van der Waals surface area contributed by atoms with Gasteiger partial charge in [0.25, 0.3) is 0 Å². The number of aryl methyl sites for hydroxylation is 1. The van der Waals surface area contributed by atoms with E-state index in [1.54, 1.807) is 9.42 Å². The number of halogens is 1. The van der Waals surface area contributed by atoms with Crippen LogP contribution < -0.4 is 10.6 Å². The fraction of sp³-hybridized carbons (Fsp3) is 0.312. The summed E-state index contributed by atoms with van der Waals surface area (Å²) in [6.45, 7) is 2.11. The maximum Gasteiger partial charge on any atom is 0.240 e. The lowest BCUT2D eigenvalue weighted by Crippen LogP contribution is -2.41. The van der Waals surface area contributed by atoms with Crippen molar-refractivity contribution in [1.82, 2.24) is 14.6 Å². The molecule has 0 saturated carbocycles. The van der Waals surface area contributed by atoms with E-state index in [9.17, 15) is 9.90 Å². The maximum atomic E-state index is 11.8. The number of carbonyl (C=O) groups is 1. The van der Waals surface area contributed by atoms with Gasteiger partial charge in [-0.3, -0.25) is 4.79 Å². The lowest BCUT2D eigenvalue weighted by molar-refractivity contribution is -0.119. The van der Waals surface area contributed by atoms with E-state index in [0.717, 1.165) is 10.9 Å².